The molecule has 0 spiro atoms. The highest BCUT2D eigenvalue weighted by Crippen LogP contribution is 2.43. The summed E-state index contributed by atoms with van der Waals surface area (Å²) in [6.45, 7) is 0.406. The van der Waals surface area contributed by atoms with E-state index in [1.54, 1.807) is 41.5 Å². The molecule has 4 rings (SSSR count). The maximum atomic E-state index is 13.3. The molecule has 2 heterocycles. The topological polar surface area (TPSA) is 49.4 Å². The van der Waals surface area contributed by atoms with Crippen molar-refractivity contribution in [1.82, 2.24) is 10.2 Å². The number of likely N-dealkylation sites (N-methyl/N-ethyl adjacent to an activating group) is 1. The van der Waals surface area contributed by atoms with E-state index in [1.165, 1.54) is 0 Å². The number of carbonyl (C=O) groups excluding carboxylic acids is 2. The van der Waals surface area contributed by atoms with Crippen molar-refractivity contribution in [2.45, 2.75) is 18.5 Å². The molecule has 4 nitrogen and oxygen atoms in total. The van der Waals surface area contributed by atoms with Crippen LogP contribution in [0.5, 0.6) is 0 Å². The van der Waals surface area contributed by atoms with Crippen LogP contribution in [0.1, 0.15) is 38.3 Å². The highest BCUT2D eigenvalue weighted by Gasteiger charge is 2.42. The molecule has 0 saturated carbocycles. The fourth-order valence-corrected chi connectivity index (χ4v) is 4.70. The molecular weight excluding hydrogens is 392 g/mol. The van der Waals surface area contributed by atoms with Crippen molar-refractivity contribution in [3.8, 4) is 0 Å². The SMILES string of the molecule is CN1C(=O)c2ccccc2[C@H](C(=O)NCc2ccc(Cl)cc2)[C@H]1c1cccs1. The first-order chi connectivity index (χ1) is 13.6. The van der Waals surface area contributed by atoms with Gasteiger partial charge in [-0.25, -0.2) is 0 Å². The van der Waals surface area contributed by atoms with Crippen molar-refractivity contribution in [3.63, 3.8) is 0 Å². The zero-order valence-electron chi connectivity index (χ0n) is 15.3. The van der Waals surface area contributed by atoms with Gasteiger partial charge in [-0.05, 0) is 40.8 Å². The Bertz CT molecular complexity index is 1000. The number of benzene rings is 2. The fraction of sp³-hybridized carbons (Fsp3) is 0.182. The first-order valence-corrected chi connectivity index (χ1v) is 10.2. The average Bonchev–Trinajstić information content (AvgIpc) is 3.24. The fourth-order valence-electron chi connectivity index (χ4n) is 3.67. The number of carbonyl (C=O) groups is 2. The van der Waals surface area contributed by atoms with Gasteiger partial charge in [0.1, 0.15) is 0 Å². The Kier molecular flexibility index (Phi) is 5.20. The Balaban J connectivity index is 1.68. The van der Waals surface area contributed by atoms with Gasteiger partial charge in [0, 0.05) is 29.1 Å². The molecule has 0 radical (unpaired) electrons. The van der Waals surface area contributed by atoms with E-state index in [0.29, 0.717) is 17.1 Å². The minimum Gasteiger partial charge on any atom is -0.351 e. The van der Waals surface area contributed by atoms with E-state index in [9.17, 15) is 9.59 Å². The smallest absolute Gasteiger partial charge is 0.254 e. The van der Waals surface area contributed by atoms with Crippen LogP contribution in [0.25, 0.3) is 0 Å². The van der Waals surface area contributed by atoms with Crippen molar-refractivity contribution < 1.29 is 9.59 Å². The van der Waals surface area contributed by atoms with Crippen LogP contribution in [-0.4, -0.2) is 23.8 Å². The third-order valence-electron chi connectivity index (χ3n) is 5.08. The lowest BCUT2D eigenvalue weighted by atomic mass is 9.81. The molecule has 6 heteroatoms. The average molecular weight is 411 g/mol. The Morgan fingerprint density at radius 2 is 1.86 bits per heavy atom. The van der Waals surface area contributed by atoms with Crippen LogP contribution in [0.2, 0.25) is 5.02 Å². The molecule has 28 heavy (non-hydrogen) atoms. The van der Waals surface area contributed by atoms with Crippen molar-refractivity contribution in [2.24, 2.45) is 0 Å². The van der Waals surface area contributed by atoms with Gasteiger partial charge in [0.05, 0.1) is 12.0 Å². The predicted molar refractivity (Wildman–Crippen MR) is 112 cm³/mol. The normalized spacial score (nSPS) is 18.6. The van der Waals surface area contributed by atoms with Gasteiger partial charge >= 0.3 is 0 Å². The van der Waals surface area contributed by atoms with Gasteiger partial charge in [-0.1, -0.05) is 48.0 Å². The number of halogens is 1. The monoisotopic (exact) mass is 410 g/mol. The number of rotatable bonds is 4. The largest absolute Gasteiger partial charge is 0.351 e. The molecule has 1 aromatic heterocycles. The van der Waals surface area contributed by atoms with Crippen LogP contribution < -0.4 is 5.32 Å². The van der Waals surface area contributed by atoms with Crippen LogP contribution in [-0.2, 0) is 11.3 Å². The summed E-state index contributed by atoms with van der Waals surface area (Å²) in [6.07, 6.45) is 0. The maximum Gasteiger partial charge on any atom is 0.254 e. The van der Waals surface area contributed by atoms with Gasteiger partial charge in [-0.15, -0.1) is 11.3 Å². The summed E-state index contributed by atoms with van der Waals surface area (Å²) in [5.41, 5.74) is 2.33. The molecule has 1 aliphatic rings. The second kappa shape index (κ2) is 7.78. The van der Waals surface area contributed by atoms with Gasteiger partial charge in [0.15, 0.2) is 0 Å². The van der Waals surface area contributed by atoms with E-state index in [4.69, 9.17) is 11.6 Å². The second-order valence-electron chi connectivity index (χ2n) is 6.79. The third kappa shape index (κ3) is 3.43. The van der Waals surface area contributed by atoms with Crippen LogP contribution in [0, 0.1) is 0 Å². The summed E-state index contributed by atoms with van der Waals surface area (Å²) in [6, 6.07) is 18.4. The molecule has 0 fully saturated rings. The van der Waals surface area contributed by atoms with E-state index in [-0.39, 0.29) is 17.9 Å². The Hall–Kier alpha value is -2.63. The number of thiophene rings is 1. The van der Waals surface area contributed by atoms with E-state index < -0.39 is 5.92 Å². The zero-order valence-corrected chi connectivity index (χ0v) is 16.8. The van der Waals surface area contributed by atoms with Crippen molar-refractivity contribution in [3.05, 3.63) is 92.6 Å². The molecule has 0 unspecified atom stereocenters. The molecule has 2 amide bonds. The van der Waals surface area contributed by atoms with Crippen molar-refractivity contribution >= 4 is 34.8 Å². The summed E-state index contributed by atoms with van der Waals surface area (Å²) in [5, 5.41) is 5.67. The Labute approximate surface area is 172 Å². The highest BCUT2D eigenvalue weighted by molar-refractivity contribution is 7.10. The maximum absolute atomic E-state index is 13.3. The molecule has 0 aliphatic carbocycles. The van der Waals surface area contributed by atoms with Gasteiger partial charge in [-0.2, -0.15) is 0 Å². The lowest BCUT2D eigenvalue weighted by Gasteiger charge is -2.39. The number of fused-ring (bicyclic) bond motifs is 1. The molecule has 0 bridgehead atoms. The number of hydrogen-bond donors (Lipinski definition) is 1. The van der Waals surface area contributed by atoms with E-state index >= 15 is 0 Å². The molecule has 2 atom stereocenters. The minimum absolute atomic E-state index is 0.0595. The van der Waals surface area contributed by atoms with Crippen LogP contribution in [0.15, 0.2) is 66.0 Å². The van der Waals surface area contributed by atoms with Crippen LogP contribution in [0.3, 0.4) is 0 Å². The van der Waals surface area contributed by atoms with Gasteiger partial charge in [0.25, 0.3) is 5.91 Å². The molecule has 1 aliphatic heterocycles. The van der Waals surface area contributed by atoms with E-state index in [2.05, 4.69) is 5.32 Å². The third-order valence-corrected chi connectivity index (χ3v) is 6.27. The summed E-state index contributed by atoms with van der Waals surface area (Å²) in [5.74, 6) is -0.624. The lowest BCUT2D eigenvalue weighted by molar-refractivity contribution is -0.124. The first-order valence-electron chi connectivity index (χ1n) is 8.98. The van der Waals surface area contributed by atoms with Gasteiger partial charge < -0.3 is 10.2 Å². The summed E-state index contributed by atoms with van der Waals surface area (Å²) in [4.78, 5) is 28.9. The molecule has 0 saturated heterocycles. The Morgan fingerprint density at radius 1 is 1.11 bits per heavy atom. The molecule has 1 N–H and O–H groups in total. The van der Waals surface area contributed by atoms with Crippen LogP contribution in [0.4, 0.5) is 0 Å². The van der Waals surface area contributed by atoms with Crippen LogP contribution >= 0.6 is 22.9 Å². The van der Waals surface area contributed by atoms with Crippen molar-refractivity contribution in [2.75, 3.05) is 7.05 Å². The molecule has 142 valence electrons. The summed E-state index contributed by atoms with van der Waals surface area (Å²) < 4.78 is 0. The number of nitrogens with one attached hydrogen (secondary N) is 1. The molecular formula is C22H19ClN2O2S. The second-order valence-corrected chi connectivity index (χ2v) is 8.20. The van der Waals surface area contributed by atoms with E-state index in [1.807, 2.05) is 47.8 Å². The molecule has 3 aromatic rings. The number of hydrogen-bond acceptors (Lipinski definition) is 3. The molecule has 2 aromatic carbocycles. The zero-order chi connectivity index (χ0) is 19.7. The quantitative estimate of drug-likeness (QED) is 0.681. The van der Waals surface area contributed by atoms with Crippen molar-refractivity contribution in [1.29, 1.82) is 0 Å². The first kappa shape index (κ1) is 18.7. The Morgan fingerprint density at radius 3 is 2.57 bits per heavy atom. The highest BCUT2D eigenvalue weighted by atomic mass is 35.5. The number of amides is 2. The van der Waals surface area contributed by atoms with Gasteiger partial charge in [0.2, 0.25) is 5.91 Å². The standard InChI is InChI=1S/C22H19ClN2O2S/c1-25-20(18-7-4-12-28-18)19(16-5-2-3-6-17(16)22(25)27)21(26)24-13-14-8-10-15(23)11-9-14/h2-12,19-20H,13H2,1H3,(H,24,26)/t19-,20+/m0/s1. The van der Waals surface area contributed by atoms with Gasteiger partial charge in [-0.3, -0.25) is 9.59 Å². The van der Waals surface area contributed by atoms with E-state index in [0.717, 1.165) is 16.0 Å². The summed E-state index contributed by atoms with van der Waals surface area (Å²) in [7, 11) is 1.77. The minimum atomic E-state index is -0.468. The predicted octanol–water partition coefficient (Wildman–Crippen LogP) is 4.63. The number of nitrogens with zero attached hydrogens (tertiary/aromatic N) is 1. The lowest BCUT2D eigenvalue weighted by Crippen LogP contribution is -2.45. The summed E-state index contributed by atoms with van der Waals surface area (Å²) >= 11 is 7.49.